The van der Waals surface area contributed by atoms with Gasteiger partial charge in [0.05, 0.1) is 40.7 Å². The van der Waals surface area contributed by atoms with Crippen LogP contribution in [0.3, 0.4) is 0 Å². The monoisotopic (exact) mass is 543 g/mol. The largest absolute Gasteiger partial charge is 0.513 e. The lowest BCUT2D eigenvalue weighted by molar-refractivity contribution is 0.104. The van der Waals surface area contributed by atoms with E-state index in [1.54, 1.807) is 41.4 Å². The van der Waals surface area contributed by atoms with Gasteiger partial charge in [-0.15, -0.1) is 0 Å². The smallest absolute Gasteiger partial charge is 0.493 e. The van der Waals surface area contributed by atoms with Gasteiger partial charge in [-0.2, -0.15) is 0 Å². The van der Waals surface area contributed by atoms with E-state index in [0.29, 0.717) is 35.2 Å². The lowest BCUT2D eigenvalue weighted by Crippen LogP contribution is -2.11. The van der Waals surface area contributed by atoms with Gasteiger partial charge in [0, 0.05) is 35.9 Å². The number of hydrogen-bond donors (Lipinski definition) is 0. The maximum atomic E-state index is 12.3. The molecule has 3 aromatic carbocycles. The van der Waals surface area contributed by atoms with Gasteiger partial charge in [0.1, 0.15) is 5.75 Å². The van der Waals surface area contributed by atoms with Gasteiger partial charge in [0.15, 0.2) is 23.0 Å². The van der Waals surface area contributed by atoms with E-state index < -0.39 is 6.16 Å². The van der Waals surface area contributed by atoms with Crippen molar-refractivity contribution in [3.63, 3.8) is 0 Å². The molecule has 0 radical (unpaired) electrons. The van der Waals surface area contributed by atoms with Crippen LogP contribution in [0.15, 0.2) is 60.8 Å². The zero-order valence-corrected chi connectivity index (χ0v) is 23.4. The van der Waals surface area contributed by atoms with Gasteiger partial charge in [0.2, 0.25) is 0 Å². The Labute approximate surface area is 234 Å². The molecule has 1 aliphatic rings. The van der Waals surface area contributed by atoms with E-state index >= 15 is 0 Å². The molecule has 208 valence electrons. The van der Waals surface area contributed by atoms with Crippen molar-refractivity contribution in [1.82, 2.24) is 4.57 Å². The summed E-state index contributed by atoms with van der Waals surface area (Å²) in [4.78, 5) is 12.3. The van der Waals surface area contributed by atoms with E-state index in [4.69, 9.17) is 28.4 Å². The van der Waals surface area contributed by atoms with Crippen LogP contribution in [0.2, 0.25) is 0 Å². The Morgan fingerprint density at radius 1 is 0.775 bits per heavy atom. The molecular formula is C32H33NO7. The zero-order chi connectivity index (χ0) is 28.2. The zero-order valence-electron chi connectivity index (χ0n) is 23.4. The van der Waals surface area contributed by atoms with Crippen LogP contribution in [0.1, 0.15) is 23.6 Å². The summed E-state index contributed by atoms with van der Waals surface area (Å²) in [7, 11) is 6.55. The molecule has 0 N–H and O–H groups in total. The summed E-state index contributed by atoms with van der Waals surface area (Å²) in [5, 5.41) is 0. The molecular weight excluding hydrogens is 510 g/mol. The molecule has 0 saturated heterocycles. The molecule has 0 amide bonds. The van der Waals surface area contributed by atoms with Crippen molar-refractivity contribution in [2.24, 2.45) is 0 Å². The Morgan fingerprint density at radius 2 is 1.48 bits per heavy atom. The van der Waals surface area contributed by atoms with Crippen molar-refractivity contribution in [3.05, 3.63) is 77.5 Å². The Kier molecular flexibility index (Phi) is 7.86. The van der Waals surface area contributed by atoms with Crippen LogP contribution in [0.25, 0.3) is 22.4 Å². The number of nitrogens with zero attached hydrogens (tertiary/aromatic N) is 1. The number of rotatable bonds is 9. The summed E-state index contributed by atoms with van der Waals surface area (Å²) < 4.78 is 35.3. The fourth-order valence-electron chi connectivity index (χ4n) is 5.30. The fraction of sp³-hybridized carbons (Fsp3) is 0.281. The van der Waals surface area contributed by atoms with Gasteiger partial charge in [-0.3, -0.25) is 0 Å². The van der Waals surface area contributed by atoms with Gasteiger partial charge < -0.3 is 33.0 Å². The van der Waals surface area contributed by atoms with Gasteiger partial charge in [-0.1, -0.05) is 24.3 Å². The first-order chi connectivity index (χ1) is 19.5. The molecule has 40 heavy (non-hydrogen) atoms. The number of methoxy groups -OCH3 is 4. The quantitative estimate of drug-likeness (QED) is 0.175. The van der Waals surface area contributed by atoms with E-state index in [1.165, 1.54) is 5.56 Å². The first-order valence-electron chi connectivity index (χ1n) is 13.1. The average molecular weight is 544 g/mol. The third kappa shape index (κ3) is 5.04. The SMILES string of the molecule is CCOC(=O)Oc1ccccc1-c1cn2c(c1Cc1ccc(OC)c(OC)c1)-c1cc(OC)c(OC)cc1CC2. The molecule has 1 aliphatic heterocycles. The lowest BCUT2D eigenvalue weighted by atomic mass is 9.90. The average Bonchev–Trinajstić information content (AvgIpc) is 3.34. The standard InChI is InChI=1S/C32H33NO7/c1-6-39-32(34)40-26-10-8-7-9-22(26)25-19-33-14-13-21-17-29(37-4)30(38-5)18-23(21)31(33)24(25)15-20-11-12-27(35-2)28(16-20)36-3/h7-12,16-19H,6,13-15H2,1-5H3. The van der Waals surface area contributed by atoms with Crippen molar-refractivity contribution < 1.29 is 33.2 Å². The van der Waals surface area contributed by atoms with E-state index in [2.05, 4.69) is 16.8 Å². The number of ether oxygens (including phenoxy) is 6. The third-order valence-corrected chi connectivity index (χ3v) is 7.13. The van der Waals surface area contributed by atoms with Crippen molar-refractivity contribution in [1.29, 1.82) is 0 Å². The molecule has 0 bridgehead atoms. The van der Waals surface area contributed by atoms with Crippen molar-refractivity contribution >= 4 is 6.16 Å². The maximum Gasteiger partial charge on any atom is 0.513 e. The first-order valence-corrected chi connectivity index (χ1v) is 13.1. The van der Waals surface area contributed by atoms with Gasteiger partial charge >= 0.3 is 6.16 Å². The minimum absolute atomic E-state index is 0.230. The van der Waals surface area contributed by atoms with Crippen LogP contribution in [-0.4, -0.2) is 45.8 Å². The molecule has 0 unspecified atom stereocenters. The first kappa shape index (κ1) is 27.0. The van der Waals surface area contributed by atoms with Crippen LogP contribution in [0.4, 0.5) is 4.79 Å². The highest BCUT2D eigenvalue weighted by molar-refractivity contribution is 5.85. The molecule has 0 spiro atoms. The number of para-hydroxylation sites is 1. The Balaban J connectivity index is 1.71. The predicted molar refractivity (Wildman–Crippen MR) is 152 cm³/mol. The maximum absolute atomic E-state index is 12.3. The molecule has 5 rings (SSSR count). The summed E-state index contributed by atoms with van der Waals surface area (Å²) >= 11 is 0. The second kappa shape index (κ2) is 11.7. The topological polar surface area (TPSA) is 77.4 Å². The third-order valence-electron chi connectivity index (χ3n) is 7.13. The van der Waals surface area contributed by atoms with Crippen LogP contribution in [-0.2, 0) is 24.1 Å². The lowest BCUT2D eigenvalue weighted by Gasteiger charge is -2.23. The number of hydrogen-bond acceptors (Lipinski definition) is 7. The predicted octanol–water partition coefficient (Wildman–Crippen LogP) is 6.54. The summed E-state index contributed by atoms with van der Waals surface area (Å²) in [6, 6.07) is 17.6. The normalized spacial score (nSPS) is 11.7. The highest BCUT2D eigenvalue weighted by Crippen LogP contribution is 2.46. The van der Waals surface area contributed by atoms with Crippen molar-refractivity contribution in [3.8, 4) is 51.1 Å². The Hall–Kier alpha value is -4.59. The van der Waals surface area contributed by atoms with Gasteiger partial charge in [-0.25, -0.2) is 4.79 Å². The van der Waals surface area contributed by atoms with Gasteiger partial charge in [0.25, 0.3) is 0 Å². The van der Waals surface area contributed by atoms with E-state index in [-0.39, 0.29) is 6.61 Å². The molecule has 1 aromatic heterocycles. The molecule has 0 saturated carbocycles. The summed E-state index contributed by atoms with van der Waals surface area (Å²) in [5.41, 5.74) is 7.23. The van der Waals surface area contributed by atoms with Crippen molar-refractivity contribution in [2.45, 2.75) is 26.3 Å². The molecule has 8 heteroatoms. The molecule has 0 aliphatic carbocycles. The molecule has 8 nitrogen and oxygen atoms in total. The molecule has 4 aromatic rings. The van der Waals surface area contributed by atoms with Crippen LogP contribution in [0.5, 0.6) is 28.7 Å². The number of benzene rings is 3. The minimum Gasteiger partial charge on any atom is -0.493 e. The highest BCUT2D eigenvalue weighted by Gasteiger charge is 2.27. The Bertz CT molecular complexity index is 1540. The summed E-state index contributed by atoms with van der Waals surface area (Å²) in [6.07, 6.45) is 2.84. The number of carbonyl (C=O) groups is 1. The number of fused-ring (bicyclic) bond motifs is 3. The second-order valence-corrected chi connectivity index (χ2v) is 9.33. The van der Waals surface area contributed by atoms with E-state index in [0.717, 1.165) is 46.5 Å². The van der Waals surface area contributed by atoms with Crippen LogP contribution in [0, 0.1) is 0 Å². The molecule has 0 fully saturated rings. The van der Waals surface area contributed by atoms with Crippen molar-refractivity contribution in [2.75, 3.05) is 35.0 Å². The minimum atomic E-state index is -0.734. The molecule has 2 heterocycles. The van der Waals surface area contributed by atoms with Gasteiger partial charge in [-0.05, 0) is 60.4 Å². The highest BCUT2D eigenvalue weighted by atomic mass is 16.7. The van der Waals surface area contributed by atoms with E-state index in [9.17, 15) is 4.79 Å². The number of aromatic nitrogens is 1. The summed E-state index contributed by atoms with van der Waals surface area (Å²) in [6.45, 7) is 2.77. The molecule has 0 atom stereocenters. The second-order valence-electron chi connectivity index (χ2n) is 9.33. The number of aryl methyl sites for hydroxylation is 2. The van der Waals surface area contributed by atoms with Crippen LogP contribution < -0.4 is 23.7 Å². The van der Waals surface area contributed by atoms with E-state index in [1.807, 2.05) is 42.5 Å². The fourth-order valence-corrected chi connectivity index (χ4v) is 5.30. The summed E-state index contributed by atoms with van der Waals surface area (Å²) in [5.74, 6) is 3.13. The Morgan fingerprint density at radius 3 is 2.20 bits per heavy atom. The van der Waals surface area contributed by atoms with Crippen LogP contribution >= 0.6 is 0 Å². The number of carbonyl (C=O) groups excluding carboxylic acids is 1.